The number of carbonyl (C=O) groups excluding carboxylic acids is 1. The van der Waals surface area contributed by atoms with E-state index >= 15 is 0 Å². The predicted molar refractivity (Wildman–Crippen MR) is 79.8 cm³/mol. The Morgan fingerprint density at radius 3 is 2.19 bits per heavy atom. The maximum atomic E-state index is 12.0. The summed E-state index contributed by atoms with van der Waals surface area (Å²) in [5, 5.41) is 10.0. The van der Waals surface area contributed by atoms with Crippen LogP contribution in [-0.2, 0) is 10.0 Å². The van der Waals surface area contributed by atoms with Crippen LogP contribution in [0.25, 0.3) is 11.1 Å². The summed E-state index contributed by atoms with van der Waals surface area (Å²) in [6.07, 6.45) is 0.573. The Morgan fingerprint density at radius 1 is 1.05 bits per heavy atom. The molecule has 0 unspecified atom stereocenters. The number of carbonyl (C=O) groups is 1. The Bertz CT molecular complexity index is 765. The third-order valence-corrected chi connectivity index (χ3v) is 4.97. The second-order valence-corrected chi connectivity index (χ2v) is 6.82. The molecule has 0 aliphatic carbocycles. The number of phenolic OH excluding ortho intramolecular Hbond substituents is 1. The second-order valence-electron chi connectivity index (χ2n) is 4.67. The lowest BCUT2D eigenvalue weighted by Gasteiger charge is -2.12. The van der Waals surface area contributed by atoms with Gasteiger partial charge in [-0.25, -0.2) is 12.7 Å². The van der Waals surface area contributed by atoms with Gasteiger partial charge in [-0.15, -0.1) is 0 Å². The van der Waals surface area contributed by atoms with E-state index in [2.05, 4.69) is 0 Å². The number of hydrogen-bond acceptors (Lipinski definition) is 4. The first-order chi connectivity index (χ1) is 9.87. The van der Waals surface area contributed by atoms with Gasteiger partial charge in [-0.05, 0) is 23.8 Å². The smallest absolute Gasteiger partial charge is 0.242 e. The third kappa shape index (κ3) is 2.81. The summed E-state index contributed by atoms with van der Waals surface area (Å²) in [5.74, 6) is -0.115. The zero-order valence-electron chi connectivity index (χ0n) is 11.6. The zero-order valence-corrected chi connectivity index (χ0v) is 12.5. The Labute approximate surface area is 123 Å². The van der Waals surface area contributed by atoms with Crippen LogP contribution >= 0.6 is 0 Å². The van der Waals surface area contributed by atoms with Crippen molar-refractivity contribution in [3.63, 3.8) is 0 Å². The molecule has 0 bridgehead atoms. The molecule has 0 saturated carbocycles. The largest absolute Gasteiger partial charge is 0.507 e. The lowest BCUT2D eigenvalue weighted by molar-refractivity contribution is 0.112. The van der Waals surface area contributed by atoms with Gasteiger partial charge in [0.15, 0.2) is 6.29 Å². The topological polar surface area (TPSA) is 74.7 Å². The first kappa shape index (κ1) is 15.2. The van der Waals surface area contributed by atoms with Crippen molar-refractivity contribution >= 4 is 16.3 Å². The maximum absolute atomic E-state index is 12.0. The molecule has 0 atom stereocenters. The number of sulfonamides is 1. The summed E-state index contributed by atoms with van der Waals surface area (Å²) in [7, 11) is -0.562. The molecule has 5 nitrogen and oxygen atoms in total. The van der Waals surface area contributed by atoms with Crippen LogP contribution in [0.15, 0.2) is 47.4 Å². The molecule has 2 aromatic carbocycles. The summed E-state index contributed by atoms with van der Waals surface area (Å²) in [5.41, 5.74) is 1.31. The van der Waals surface area contributed by atoms with Crippen molar-refractivity contribution in [1.29, 1.82) is 0 Å². The first-order valence-electron chi connectivity index (χ1n) is 6.18. The van der Waals surface area contributed by atoms with E-state index in [0.29, 0.717) is 17.4 Å². The van der Waals surface area contributed by atoms with Crippen molar-refractivity contribution in [1.82, 2.24) is 4.31 Å². The van der Waals surface area contributed by atoms with Crippen LogP contribution in [0.3, 0.4) is 0 Å². The van der Waals surface area contributed by atoms with Gasteiger partial charge in [0, 0.05) is 19.7 Å². The fraction of sp³-hybridized carbons (Fsp3) is 0.133. The normalized spacial score (nSPS) is 11.6. The van der Waals surface area contributed by atoms with Gasteiger partial charge in [0.25, 0.3) is 0 Å². The zero-order chi connectivity index (χ0) is 15.6. The Kier molecular flexibility index (Phi) is 4.11. The van der Waals surface area contributed by atoms with Crippen LogP contribution in [0.2, 0.25) is 0 Å². The minimum atomic E-state index is -3.48. The highest BCUT2D eigenvalue weighted by Gasteiger charge is 2.17. The number of aldehydes is 1. The molecule has 0 saturated heterocycles. The number of nitrogens with zero attached hydrogens (tertiary/aromatic N) is 1. The molecule has 2 aromatic rings. The van der Waals surface area contributed by atoms with Gasteiger partial charge in [-0.2, -0.15) is 0 Å². The van der Waals surface area contributed by atoms with Crippen LogP contribution in [0.5, 0.6) is 5.75 Å². The number of aromatic hydroxyl groups is 1. The third-order valence-electron chi connectivity index (χ3n) is 3.14. The summed E-state index contributed by atoms with van der Waals surface area (Å²) >= 11 is 0. The maximum Gasteiger partial charge on any atom is 0.242 e. The summed E-state index contributed by atoms with van der Waals surface area (Å²) in [6.45, 7) is 0. The van der Waals surface area contributed by atoms with E-state index < -0.39 is 10.0 Å². The standard InChI is InChI=1S/C15H15NO4S/c1-16(2)21(19,20)13-8-6-11(7-9-13)14-5-3-4-12(10-17)15(14)18/h3-10,18H,1-2H3. The average molecular weight is 305 g/mol. The van der Waals surface area contributed by atoms with Gasteiger partial charge in [0.1, 0.15) is 5.75 Å². The average Bonchev–Trinajstić information content (AvgIpc) is 2.47. The van der Waals surface area contributed by atoms with Gasteiger partial charge >= 0.3 is 0 Å². The highest BCUT2D eigenvalue weighted by Crippen LogP contribution is 2.32. The van der Waals surface area contributed by atoms with Crippen LogP contribution in [0.4, 0.5) is 0 Å². The Hall–Kier alpha value is -2.18. The molecule has 110 valence electrons. The second kappa shape index (κ2) is 5.67. The lowest BCUT2D eigenvalue weighted by Crippen LogP contribution is -2.22. The highest BCUT2D eigenvalue weighted by atomic mass is 32.2. The SMILES string of the molecule is CN(C)S(=O)(=O)c1ccc(-c2cccc(C=O)c2O)cc1. The van der Waals surface area contributed by atoms with Crippen molar-refractivity contribution in [2.24, 2.45) is 0 Å². The van der Waals surface area contributed by atoms with Crippen molar-refractivity contribution in [3.05, 3.63) is 48.0 Å². The van der Waals surface area contributed by atoms with E-state index in [1.165, 1.54) is 32.3 Å². The van der Waals surface area contributed by atoms with E-state index in [-0.39, 0.29) is 16.2 Å². The van der Waals surface area contributed by atoms with Gasteiger partial charge < -0.3 is 5.11 Å². The highest BCUT2D eigenvalue weighted by molar-refractivity contribution is 7.89. The predicted octanol–water partition coefficient (Wildman–Crippen LogP) is 2.12. The molecule has 2 rings (SSSR count). The fourth-order valence-corrected chi connectivity index (χ4v) is 2.81. The molecule has 0 aliphatic rings. The van der Waals surface area contributed by atoms with Gasteiger partial charge in [0.05, 0.1) is 10.5 Å². The van der Waals surface area contributed by atoms with Crippen molar-refractivity contribution < 1.29 is 18.3 Å². The molecule has 0 spiro atoms. The number of benzene rings is 2. The minimum Gasteiger partial charge on any atom is -0.507 e. The monoisotopic (exact) mass is 305 g/mol. The number of phenols is 1. The molecule has 1 N–H and O–H groups in total. The van der Waals surface area contributed by atoms with E-state index in [0.717, 1.165) is 4.31 Å². The van der Waals surface area contributed by atoms with Crippen LogP contribution < -0.4 is 0 Å². The quantitative estimate of drug-likeness (QED) is 0.878. The van der Waals surface area contributed by atoms with Crippen molar-refractivity contribution in [2.45, 2.75) is 4.90 Å². The van der Waals surface area contributed by atoms with E-state index in [4.69, 9.17) is 0 Å². The van der Waals surface area contributed by atoms with Crippen LogP contribution in [-0.4, -0.2) is 38.2 Å². The minimum absolute atomic E-state index is 0.115. The van der Waals surface area contributed by atoms with E-state index in [9.17, 15) is 18.3 Å². The molecule has 0 amide bonds. The van der Waals surface area contributed by atoms with Gasteiger partial charge in [-0.1, -0.05) is 24.3 Å². The molecular weight excluding hydrogens is 290 g/mol. The van der Waals surface area contributed by atoms with Crippen molar-refractivity contribution in [2.75, 3.05) is 14.1 Å². The van der Waals surface area contributed by atoms with Crippen LogP contribution in [0.1, 0.15) is 10.4 Å². The van der Waals surface area contributed by atoms with Gasteiger partial charge in [-0.3, -0.25) is 4.79 Å². The molecule has 0 heterocycles. The summed E-state index contributed by atoms with van der Waals surface area (Å²) in [6, 6.07) is 11.0. The molecule has 21 heavy (non-hydrogen) atoms. The van der Waals surface area contributed by atoms with E-state index in [1.54, 1.807) is 24.3 Å². The van der Waals surface area contributed by atoms with Gasteiger partial charge in [0.2, 0.25) is 10.0 Å². The molecule has 0 aromatic heterocycles. The lowest BCUT2D eigenvalue weighted by atomic mass is 10.0. The number of rotatable bonds is 4. The Balaban J connectivity index is 2.48. The number of hydrogen-bond donors (Lipinski definition) is 1. The molecule has 6 heteroatoms. The summed E-state index contributed by atoms with van der Waals surface area (Å²) < 4.78 is 25.1. The molecule has 0 radical (unpaired) electrons. The van der Waals surface area contributed by atoms with Crippen LogP contribution in [0, 0.1) is 0 Å². The first-order valence-corrected chi connectivity index (χ1v) is 7.62. The fourth-order valence-electron chi connectivity index (χ4n) is 1.91. The number of para-hydroxylation sites is 1. The van der Waals surface area contributed by atoms with Crippen molar-refractivity contribution in [3.8, 4) is 16.9 Å². The molecule has 0 fully saturated rings. The molecule has 0 aliphatic heterocycles. The molecular formula is C15H15NO4S. The van der Waals surface area contributed by atoms with E-state index in [1.807, 2.05) is 0 Å². The summed E-state index contributed by atoms with van der Waals surface area (Å²) in [4.78, 5) is 11.0. The Morgan fingerprint density at radius 2 is 1.67 bits per heavy atom.